The Morgan fingerprint density at radius 1 is 1.47 bits per heavy atom. The molecule has 0 aromatic heterocycles. The normalized spacial score (nSPS) is 14.3. The lowest BCUT2D eigenvalue weighted by Crippen LogP contribution is -2.37. The van der Waals surface area contributed by atoms with Crippen molar-refractivity contribution in [3.8, 4) is 0 Å². The molecule has 88 valence electrons. The van der Waals surface area contributed by atoms with Crippen LogP contribution in [-0.2, 0) is 14.2 Å². The number of carboxylic acids is 1. The van der Waals surface area contributed by atoms with Crippen molar-refractivity contribution in [2.75, 3.05) is 19.6 Å². The average molecular weight is 240 g/mol. The van der Waals surface area contributed by atoms with Crippen molar-refractivity contribution >= 4 is 19.2 Å². The van der Waals surface area contributed by atoms with E-state index in [0.29, 0.717) is 0 Å². The number of carbonyl (C=O) groups excluding carboxylic acids is 1. The SMILES string of the molecule is CP(=O)(O)CNCN(O)C(=O)CC(=O)O. The predicted molar refractivity (Wildman–Crippen MR) is 49.5 cm³/mol. The molecule has 0 radical (unpaired) electrons. The van der Waals surface area contributed by atoms with Crippen molar-refractivity contribution in [3.63, 3.8) is 0 Å². The van der Waals surface area contributed by atoms with E-state index in [2.05, 4.69) is 5.32 Å². The molecule has 0 saturated heterocycles. The van der Waals surface area contributed by atoms with Crippen LogP contribution in [0.2, 0.25) is 0 Å². The second-order valence-electron chi connectivity index (χ2n) is 2.98. The molecule has 1 unspecified atom stereocenters. The van der Waals surface area contributed by atoms with Gasteiger partial charge in [0, 0.05) is 6.66 Å². The van der Waals surface area contributed by atoms with Gasteiger partial charge >= 0.3 is 5.97 Å². The molecule has 0 fully saturated rings. The van der Waals surface area contributed by atoms with Crippen molar-refractivity contribution < 1.29 is 29.4 Å². The summed E-state index contributed by atoms with van der Waals surface area (Å²) in [7, 11) is -3.26. The fourth-order valence-electron chi connectivity index (χ4n) is 0.672. The lowest BCUT2D eigenvalue weighted by atomic mass is 10.4. The topological polar surface area (TPSA) is 127 Å². The average Bonchev–Trinajstić information content (AvgIpc) is 2.00. The van der Waals surface area contributed by atoms with Crippen LogP contribution in [0.1, 0.15) is 6.42 Å². The van der Waals surface area contributed by atoms with Crippen molar-refractivity contribution in [2.45, 2.75) is 6.42 Å². The predicted octanol–water partition coefficient (Wildman–Crippen LogP) is -0.916. The van der Waals surface area contributed by atoms with Crippen molar-refractivity contribution in [2.24, 2.45) is 0 Å². The van der Waals surface area contributed by atoms with Crippen LogP contribution >= 0.6 is 7.37 Å². The van der Waals surface area contributed by atoms with E-state index in [0.717, 1.165) is 6.66 Å². The molecule has 0 rings (SSSR count). The highest BCUT2D eigenvalue weighted by atomic mass is 31.2. The summed E-state index contributed by atoms with van der Waals surface area (Å²) in [6, 6.07) is 0. The largest absolute Gasteiger partial charge is 0.481 e. The first kappa shape index (κ1) is 14.1. The molecule has 9 heteroatoms. The van der Waals surface area contributed by atoms with E-state index in [1.165, 1.54) is 0 Å². The molecule has 0 aliphatic rings. The second kappa shape index (κ2) is 5.82. The molecule has 0 aromatic rings. The van der Waals surface area contributed by atoms with Gasteiger partial charge in [-0.25, -0.2) is 5.06 Å². The zero-order chi connectivity index (χ0) is 12.1. The summed E-state index contributed by atoms with van der Waals surface area (Å²) in [6.07, 6.45) is -1.11. The van der Waals surface area contributed by atoms with Gasteiger partial charge in [0.05, 0.1) is 13.0 Å². The molecule has 0 aliphatic carbocycles. The molecule has 4 N–H and O–H groups in total. The number of hydroxylamine groups is 2. The molecule has 1 amide bonds. The maximum atomic E-state index is 10.8. The second-order valence-corrected chi connectivity index (χ2v) is 5.40. The zero-order valence-electron chi connectivity index (χ0n) is 8.08. The highest BCUT2D eigenvalue weighted by Gasteiger charge is 2.15. The Hall–Kier alpha value is -0.950. The number of nitrogens with zero attached hydrogens (tertiary/aromatic N) is 1. The maximum absolute atomic E-state index is 10.8. The monoisotopic (exact) mass is 240 g/mol. The molecule has 15 heavy (non-hydrogen) atoms. The van der Waals surface area contributed by atoms with Gasteiger partial charge < -0.3 is 10.00 Å². The Labute approximate surface area is 85.9 Å². The van der Waals surface area contributed by atoms with Crippen LogP contribution in [-0.4, -0.2) is 51.8 Å². The van der Waals surface area contributed by atoms with Crippen LogP contribution in [0.4, 0.5) is 0 Å². The Balaban J connectivity index is 3.84. The smallest absolute Gasteiger partial charge is 0.312 e. The van der Waals surface area contributed by atoms with Gasteiger partial charge in [0.1, 0.15) is 6.42 Å². The van der Waals surface area contributed by atoms with Crippen LogP contribution < -0.4 is 5.32 Å². The highest BCUT2D eigenvalue weighted by Crippen LogP contribution is 2.32. The Morgan fingerprint density at radius 2 is 2.00 bits per heavy atom. The Bertz CT molecular complexity index is 287. The van der Waals surface area contributed by atoms with E-state index in [-0.39, 0.29) is 11.3 Å². The molecule has 0 bridgehead atoms. The van der Waals surface area contributed by atoms with Gasteiger partial charge in [-0.15, -0.1) is 0 Å². The first-order valence-corrected chi connectivity index (χ1v) is 6.22. The lowest BCUT2D eigenvalue weighted by molar-refractivity contribution is -0.169. The highest BCUT2D eigenvalue weighted by molar-refractivity contribution is 7.57. The summed E-state index contributed by atoms with van der Waals surface area (Å²) in [5, 5.41) is 19.6. The van der Waals surface area contributed by atoms with Crippen molar-refractivity contribution in [1.29, 1.82) is 0 Å². The van der Waals surface area contributed by atoms with E-state index in [1.807, 2.05) is 0 Å². The number of hydrogen-bond donors (Lipinski definition) is 4. The third-order valence-corrected chi connectivity index (χ3v) is 2.07. The summed E-state index contributed by atoms with van der Waals surface area (Å²) in [5.74, 6) is -2.36. The van der Waals surface area contributed by atoms with Gasteiger partial charge in [0.25, 0.3) is 5.91 Å². The van der Waals surface area contributed by atoms with E-state index < -0.39 is 32.3 Å². The molecule has 0 aliphatic heterocycles. The van der Waals surface area contributed by atoms with E-state index in [1.54, 1.807) is 0 Å². The molecule has 0 saturated carbocycles. The first-order chi connectivity index (χ1) is 6.72. The molecular formula is C6H13N2O6P. The fraction of sp³-hybridized carbons (Fsp3) is 0.667. The molecule has 1 atom stereocenters. The first-order valence-electron chi connectivity index (χ1n) is 3.93. The summed E-state index contributed by atoms with van der Waals surface area (Å²) in [4.78, 5) is 29.7. The van der Waals surface area contributed by atoms with Gasteiger partial charge in [-0.2, -0.15) is 0 Å². The van der Waals surface area contributed by atoms with Crippen LogP contribution in [0.15, 0.2) is 0 Å². The summed E-state index contributed by atoms with van der Waals surface area (Å²) in [5.41, 5.74) is 0. The van der Waals surface area contributed by atoms with Gasteiger partial charge in [-0.1, -0.05) is 0 Å². The summed E-state index contributed by atoms with van der Waals surface area (Å²) >= 11 is 0. The molecular weight excluding hydrogens is 227 g/mol. The molecule has 0 heterocycles. The zero-order valence-corrected chi connectivity index (χ0v) is 8.98. The Kier molecular flexibility index (Phi) is 5.45. The molecule has 8 nitrogen and oxygen atoms in total. The molecule has 0 spiro atoms. The van der Waals surface area contributed by atoms with Crippen molar-refractivity contribution in [3.05, 3.63) is 0 Å². The number of carboxylic acid groups (broad SMARTS) is 1. The number of carbonyl (C=O) groups is 2. The number of nitrogens with one attached hydrogen (secondary N) is 1. The van der Waals surface area contributed by atoms with E-state index in [9.17, 15) is 14.2 Å². The summed E-state index contributed by atoms with van der Waals surface area (Å²) in [6.45, 7) is 0.714. The van der Waals surface area contributed by atoms with Crippen LogP contribution in [0, 0.1) is 0 Å². The number of rotatable bonds is 6. The molecule has 0 aromatic carbocycles. The summed E-state index contributed by atoms with van der Waals surface area (Å²) < 4.78 is 10.8. The Morgan fingerprint density at radius 3 is 2.40 bits per heavy atom. The van der Waals surface area contributed by atoms with Crippen molar-refractivity contribution in [1.82, 2.24) is 10.4 Å². The van der Waals surface area contributed by atoms with Gasteiger partial charge in [0.2, 0.25) is 7.37 Å². The number of amides is 1. The van der Waals surface area contributed by atoms with Gasteiger partial charge in [0.15, 0.2) is 0 Å². The minimum atomic E-state index is -3.26. The fourth-order valence-corrected chi connectivity index (χ4v) is 1.19. The third kappa shape index (κ3) is 8.07. The quantitative estimate of drug-likeness (QED) is 0.155. The van der Waals surface area contributed by atoms with Crippen LogP contribution in [0.3, 0.4) is 0 Å². The maximum Gasteiger partial charge on any atom is 0.312 e. The van der Waals surface area contributed by atoms with E-state index in [4.69, 9.17) is 15.2 Å². The third-order valence-electron chi connectivity index (χ3n) is 1.26. The lowest BCUT2D eigenvalue weighted by Gasteiger charge is -2.15. The standard InChI is InChI=1S/C6H13N2O6P/c1-15(13,14)4-7-3-8(12)5(9)2-6(10)11/h7,12H,2-4H2,1H3,(H,10,11)(H,13,14). The number of hydrogen-bond acceptors (Lipinski definition) is 5. The van der Waals surface area contributed by atoms with Crippen LogP contribution in [0.25, 0.3) is 0 Å². The number of aliphatic carboxylic acids is 1. The van der Waals surface area contributed by atoms with E-state index >= 15 is 0 Å². The van der Waals surface area contributed by atoms with Gasteiger partial charge in [-0.3, -0.25) is 24.7 Å². The minimum Gasteiger partial charge on any atom is -0.481 e. The van der Waals surface area contributed by atoms with Crippen LogP contribution in [0.5, 0.6) is 0 Å². The minimum absolute atomic E-state index is 0.143. The van der Waals surface area contributed by atoms with Gasteiger partial charge in [-0.05, 0) is 0 Å².